The van der Waals surface area contributed by atoms with Crippen molar-refractivity contribution in [3.8, 4) is 0 Å². The van der Waals surface area contributed by atoms with Crippen LogP contribution in [0.2, 0.25) is 0 Å². The van der Waals surface area contributed by atoms with Crippen LogP contribution in [-0.2, 0) is 10.2 Å². The van der Waals surface area contributed by atoms with Crippen molar-refractivity contribution in [1.29, 1.82) is 0 Å². The Morgan fingerprint density at radius 1 is 1.33 bits per heavy atom. The van der Waals surface area contributed by atoms with E-state index in [2.05, 4.69) is 0 Å². The Hall–Kier alpha value is 0.160. The first kappa shape index (κ1) is 16.2. The molecule has 0 atom stereocenters. The molecule has 0 N–H and O–H groups in total. The maximum Gasteiger partial charge on any atom is 0.281 e. The van der Waals surface area contributed by atoms with E-state index in [9.17, 15) is 8.42 Å². The van der Waals surface area contributed by atoms with Crippen LogP contribution < -0.4 is 0 Å². The lowest BCUT2D eigenvalue weighted by Crippen LogP contribution is -2.48. The molecule has 0 aromatic heterocycles. The molecule has 0 aromatic rings. The van der Waals surface area contributed by atoms with Crippen molar-refractivity contribution in [3.63, 3.8) is 0 Å². The van der Waals surface area contributed by atoms with Crippen molar-refractivity contribution in [3.05, 3.63) is 0 Å². The summed E-state index contributed by atoms with van der Waals surface area (Å²) in [4.78, 5) is 0. The van der Waals surface area contributed by atoms with Crippen molar-refractivity contribution in [2.24, 2.45) is 11.8 Å². The first-order valence-electron chi connectivity index (χ1n) is 6.73. The number of piperidine rings is 1. The van der Waals surface area contributed by atoms with Crippen LogP contribution in [0.25, 0.3) is 0 Å². The monoisotopic (exact) mass is 296 g/mol. The van der Waals surface area contributed by atoms with Crippen molar-refractivity contribution in [2.75, 3.05) is 32.1 Å². The highest BCUT2D eigenvalue weighted by Gasteiger charge is 2.32. The number of rotatable bonds is 6. The Balaban J connectivity index is 2.68. The zero-order chi connectivity index (χ0) is 13.8. The van der Waals surface area contributed by atoms with Gasteiger partial charge in [0.05, 0.1) is 0 Å². The van der Waals surface area contributed by atoms with Gasteiger partial charge in [0.1, 0.15) is 0 Å². The minimum atomic E-state index is -3.28. The average molecular weight is 297 g/mol. The first-order valence-corrected chi connectivity index (χ1v) is 8.66. The van der Waals surface area contributed by atoms with E-state index in [0.29, 0.717) is 43.9 Å². The molecular weight excluding hydrogens is 272 g/mol. The van der Waals surface area contributed by atoms with E-state index in [-0.39, 0.29) is 0 Å². The number of hydrogen-bond acceptors (Lipinski definition) is 2. The second kappa shape index (κ2) is 7.08. The highest BCUT2D eigenvalue weighted by Crippen LogP contribution is 2.22. The third kappa shape index (κ3) is 4.08. The summed E-state index contributed by atoms with van der Waals surface area (Å²) in [5.74, 6) is 1.45. The molecular formula is C12H25ClN2O2S. The molecule has 0 spiro atoms. The molecule has 0 unspecified atom stereocenters. The third-order valence-electron chi connectivity index (χ3n) is 3.37. The predicted molar refractivity (Wildman–Crippen MR) is 76.0 cm³/mol. The molecule has 18 heavy (non-hydrogen) atoms. The SMILES string of the molecule is CCN(CC(C)C)S(=O)(=O)N1CCC(CCl)CC1. The minimum Gasteiger partial charge on any atom is -0.195 e. The van der Waals surface area contributed by atoms with Crippen LogP contribution in [0, 0.1) is 11.8 Å². The van der Waals surface area contributed by atoms with Crippen molar-refractivity contribution < 1.29 is 8.42 Å². The van der Waals surface area contributed by atoms with E-state index in [1.165, 1.54) is 0 Å². The van der Waals surface area contributed by atoms with Crippen LogP contribution in [0.1, 0.15) is 33.6 Å². The van der Waals surface area contributed by atoms with Gasteiger partial charge in [-0.1, -0.05) is 20.8 Å². The van der Waals surface area contributed by atoms with Gasteiger partial charge < -0.3 is 0 Å². The summed E-state index contributed by atoms with van der Waals surface area (Å²) >= 11 is 5.82. The van der Waals surface area contributed by atoms with E-state index < -0.39 is 10.2 Å². The van der Waals surface area contributed by atoms with Crippen LogP contribution in [0.3, 0.4) is 0 Å². The second-order valence-corrected chi connectivity index (χ2v) is 7.59. The molecule has 1 aliphatic heterocycles. The fourth-order valence-electron chi connectivity index (χ4n) is 2.25. The Bertz CT molecular complexity index is 338. The first-order chi connectivity index (χ1) is 8.41. The molecule has 1 saturated heterocycles. The summed E-state index contributed by atoms with van der Waals surface area (Å²) in [7, 11) is -3.28. The molecule has 1 rings (SSSR count). The van der Waals surface area contributed by atoms with Crippen molar-refractivity contribution in [2.45, 2.75) is 33.6 Å². The third-order valence-corrected chi connectivity index (χ3v) is 5.88. The van der Waals surface area contributed by atoms with Gasteiger partial charge in [-0.05, 0) is 24.7 Å². The molecule has 1 fully saturated rings. The molecule has 6 heteroatoms. The van der Waals surface area contributed by atoms with Crippen LogP contribution in [0.4, 0.5) is 0 Å². The Morgan fingerprint density at radius 3 is 2.28 bits per heavy atom. The lowest BCUT2D eigenvalue weighted by atomic mass is 10.0. The molecule has 4 nitrogen and oxygen atoms in total. The van der Waals surface area contributed by atoms with Gasteiger partial charge in [-0.25, -0.2) is 0 Å². The van der Waals surface area contributed by atoms with E-state index in [4.69, 9.17) is 11.6 Å². The van der Waals surface area contributed by atoms with Crippen molar-refractivity contribution >= 4 is 21.8 Å². The van der Waals surface area contributed by atoms with Gasteiger partial charge in [0.15, 0.2) is 0 Å². The summed E-state index contributed by atoms with van der Waals surface area (Å²) in [5, 5.41) is 0. The topological polar surface area (TPSA) is 40.6 Å². The zero-order valence-electron chi connectivity index (χ0n) is 11.6. The standard InChI is InChI=1S/C12H25ClN2O2S/c1-4-14(10-11(2)3)18(16,17)15-7-5-12(9-13)6-8-15/h11-12H,4-10H2,1-3H3. The predicted octanol–water partition coefficient (Wildman–Crippen LogP) is 2.16. The molecule has 0 bridgehead atoms. The maximum absolute atomic E-state index is 12.5. The van der Waals surface area contributed by atoms with Gasteiger partial charge >= 0.3 is 0 Å². The molecule has 1 aliphatic rings. The van der Waals surface area contributed by atoms with Crippen molar-refractivity contribution in [1.82, 2.24) is 8.61 Å². The number of alkyl halides is 1. The average Bonchev–Trinajstić information content (AvgIpc) is 2.35. The fraction of sp³-hybridized carbons (Fsp3) is 1.00. The number of hydrogen-bond donors (Lipinski definition) is 0. The molecule has 0 aliphatic carbocycles. The summed E-state index contributed by atoms with van der Waals surface area (Å²) in [6.07, 6.45) is 1.75. The van der Waals surface area contributed by atoms with Crippen LogP contribution >= 0.6 is 11.6 Å². The molecule has 0 amide bonds. The largest absolute Gasteiger partial charge is 0.281 e. The highest BCUT2D eigenvalue weighted by atomic mass is 35.5. The van der Waals surface area contributed by atoms with E-state index >= 15 is 0 Å². The lowest BCUT2D eigenvalue weighted by molar-refractivity contribution is 0.261. The quantitative estimate of drug-likeness (QED) is 0.705. The summed E-state index contributed by atoms with van der Waals surface area (Å²) in [6, 6.07) is 0. The Morgan fingerprint density at radius 2 is 1.89 bits per heavy atom. The minimum absolute atomic E-state index is 0.347. The molecule has 0 aromatic carbocycles. The number of halogens is 1. The van der Waals surface area contributed by atoms with Gasteiger partial charge in [-0.3, -0.25) is 0 Å². The van der Waals surface area contributed by atoms with E-state index in [0.717, 1.165) is 12.8 Å². The highest BCUT2D eigenvalue weighted by molar-refractivity contribution is 7.86. The van der Waals surface area contributed by atoms with E-state index in [1.54, 1.807) is 8.61 Å². The van der Waals surface area contributed by atoms with Gasteiger partial charge in [0.2, 0.25) is 0 Å². The van der Waals surface area contributed by atoms with Gasteiger partial charge in [0.25, 0.3) is 10.2 Å². The Kier molecular flexibility index (Phi) is 6.38. The Labute approximate surface area is 116 Å². The van der Waals surface area contributed by atoms with Gasteiger partial charge in [0, 0.05) is 32.1 Å². The molecule has 1 heterocycles. The second-order valence-electron chi connectivity index (χ2n) is 5.35. The van der Waals surface area contributed by atoms with Crippen LogP contribution in [0.15, 0.2) is 0 Å². The van der Waals surface area contributed by atoms with Crippen LogP contribution in [-0.4, -0.2) is 49.1 Å². The summed E-state index contributed by atoms with van der Waals surface area (Å²) in [5.41, 5.74) is 0. The lowest BCUT2D eigenvalue weighted by Gasteiger charge is -2.34. The van der Waals surface area contributed by atoms with E-state index in [1.807, 2.05) is 20.8 Å². The molecule has 108 valence electrons. The number of nitrogens with zero attached hydrogens (tertiary/aromatic N) is 2. The summed E-state index contributed by atoms with van der Waals surface area (Å²) in [6.45, 7) is 8.31. The summed E-state index contributed by atoms with van der Waals surface area (Å²) < 4.78 is 28.1. The molecule has 0 saturated carbocycles. The smallest absolute Gasteiger partial charge is 0.195 e. The van der Waals surface area contributed by atoms with Crippen LogP contribution in [0.5, 0.6) is 0 Å². The van der Waals surface area contributed by atoms with Gasteiger partial charge in [-0.2, -0.15) is 17.0 Å². The van der Waals surface area contributed by atoms with Gasteiger partial charge in [-0.15, -0.1) is 11.6 Å². The maximum atomic E-state index is 12.5. The normalized spacial score (nSPS) is 19.9. The zero-order valence-corrected chi connectivity index (χ0v) is 13.2. The fourth-order valence-corrected chi connectivity index (χ4v) is 4.37. The molecule has 0 radical (unpaired) electrons.